The summed E-state index contributed by atoms with van der Waals surface area (Å²) in [5, 5.41) is 5.38. The van der Waals surface area contributed by atoms with E-state index in [0.717, 1.165) is 5.56 Å². The Bertz CT molecular complexity index is 1190. The molecule has 0 aliphatic carbocycles. The number of aromatic nitrogens is 1. The molecule has 2 N–H and O–H groups in total. The van der Waals surface area contributed by atoms with E-state index in [4.69, 9.17) is 4.74 Å². The number of fused-ring (bicyclic) bond motifs is 2. The van der Waals surface area contributed by atoms with E-state index < -0.39 is 41.4 Å². The average Bonchev–Trinajstić information content (AvgIpc) is 2.94. The molecule has 39 heavy (non-hydrogen) atoms. The molecule has 208 valence electrons. The second kappa shape index (κ2) is 13.8. The van der Waals surface area contributed by atoms with Gasteiger partial charge < -0.3 is 15.4 Å². The van der Waals surface area contributed by atoms with Crippen molar-refractivity contribution in [3.8, 4) is 0 Å². The average molecular weight is 536 g/mol. The van der Waals surface area contributed by atoms with Gasteiger partial charge in [-0.2, -0.15) is 0 Å². The summed E-state index contributed by atoms with van der Waals surface area (Å²) in [4.78, 5) is 69.0. The van der Waals surface area contributed by atoms with Crippen molar-refractivity contribution >= 4 is 29.4 Å². The molecule has 0 saturated carbocycles. The molecule has 0 radical (unpaired) electrons. The summed E-state index contributed by atoms with van der Waals surface area (Å²) in [6.45, 7) is 7.50. The number of carbonyl (C=O) groups excluding carboxylic acids is 5. The topological polar surface area (TPSA) is 132 Å². The van der Waals surface area contributed by atoms with E-state index in [1.165, 1.54) is 0 Å². The Hall–Kier alpha value is -3.88. The molecule has 3 unspecified atom stereocenters. The normalized spacial score (nSPS) is 16.9. The second-order valence-electron chi connectivity index (χ2n) is 10.7. The fourth-order valence-electron chi connectivity index (χ4n) is 4.55. The summed E-state index contributed by atoms with van der Waals surface area (Å²) in [7, 11) is 0. The van der Waals surface area contributed by atoms with Gasteiger partial charge in [0.25, 0.3) is 5.91 Å². The van der Waals surface area contributed by atoms with E-state index in [1.54, 1.807) is 32.0 Å². The monoisotopic (exact) mass is 535 g/mol. The van der Waals surface area contributed by atoms with Crippen LogP contribution < -0.4 is 10.6 Å². The first kappa shape index (κ1) is 29.7. The van der Waals surface area contributed by atoms with Crippen molar-refractivity contribution in [3.63, 3.8) is 0 Å². The number of nitrogens with zero attached hydrogens (tertiary/aromatic N) is 1. The van der Waals surface area contributed by atoms with Crippen molar-refractivity contribution in [2.24, 2.45) is 23.7 Å². The molecule has 2 heterocycles. The zero-order chi connectivity index (χ0) is 28.5. The number of benzene rings is 1. The Balaban J connectivity index is 1.67. The van der Waals surface area contributed by atoms with Crippen LogP contribution in [0.3, 0.4) is 0 Å². The number of hydrogen-bond donors (Lipinski definition) is 2. The van der Waals surface area contributed by atoms with Gasteiger partial charge in [0.2, 0.25) is 11.7 Å². The molecule has 2 bridgehead atoms. The lowest BCUT2D eigenvalue weighted by atomic mass is 9.86. The third-order valence-electron chi connectivity index (χ3n) is 6.87. The number of ketones is 2. The maximum Gasteiger partial charge on any atom is 0.306 e. The number of carbonyl (C=O) groups is 5. The highest BCUT2D eigenvalue weighted by Crippen LogP contribution is 2.21. The van der Waals surface area contributed by atoms with Crippen molar-refractivity contribution in [3.05, 3.63) is 65.5 Å². The predicted octanol–water partition coefficient (Wildman–Crippen LogP) is 2.94. The van der Waals surface area contributed by atoms with Gasteiger partial charge >= 0.3 is 5.97 Å². The van der Waals surface area contributed by atoms with Crippen LogP contribution in [0.25, 0.3) is 0 Å². The van der Waals surface area contributed by atoms with Gasteiger partial charge in [-0.25, -0.2) is 0 Å². The summed E-state index contributed by atoms with van der Waals surface area (Å²) in [5.74, 6) is -4.78. The third kappa shape index (κ3) is 8.56. The first-order valence-corrected chi connectivity index (χ1v) is 13.3. The van der Waals surface area contributed by atoms with Gasteiger partial charge in [-0.1, -0.05) is 64.1 Å². The van der Waals surface area contributed by atoms with Crippen LogP contribution in [0.4, 0.5) is 0 Å². The number of Topliss-reactive ketones (excluding diaryl/α,β-unsaturated/α-hetero) is 2. The first-order chi connectivity index (χ1) is 18.5. The minimum absolute atomic E-state index is 0.111. The number of rotatable bonds is 11. The first-order valence-electron chi connectivity index (χ1n) is 13.3. The van der Waals surface area contributed by atoms with Crippen LogP contribution in [-0.2, 0) is 48.3 Å². The number of pyridine rings is 1. The Labute approximate surface area is 229 Å². The maximum absolute atomic E-state index is 13.4. The largest absolute Gasteiger partial charge is 0.461 e. The number of esters is 1. The number of nitrogens with one attached hydrogen (secondary N) is 2. The van der Waals surface area contributed by atoms with E-state index in [2.05, 4.69) is 15.6 Å². The summed E-state index contributed by atoms with van der Waals surface area (Å²) < 4.78 is 5.36. The van der Waals surface area contributed by atoms with E-state index >= 15 is 0 Å². The van der Waals surface area contributed by atoms with Crippen LogP contribution in [0.1, 0.15) is 57.5 Å². The molecule has 9 nitrogen and oxygen atoms in total. The highest BCUT2D eigenvalue weighted by atomic mass is 16.5. The molecule has 3 atom stereocenters. The quantitative estimate of drug-likeness (QED) is 0.334. The van der Waals surface area contributed by atoms with Gasteiger partial charge in [0.1, 0.15) is 6.61 Å². The Morgan fingerprint density at radius 1 is 0.974 bits per heavy atom. The van der Waals surface area contributed by atoms with Crippen molar-refractivity contribution < 1.29 is 28.7 Å². The van der Waals surface area contributed by atoms with E-state index in [0.29, 0.717) is 11.4 Å². The van der Waals surface area contributed by atoms with E-state index in [1.807, 2.05) is 44.2 Å². The van der Waals surface area contributed by atoms with Gasteiger partial charge in [0.05, 0.1) is 30.6 Å². The molecule has 1 aliphatic rings. The summed E-state index contributed by atoms with van der Waals surface area (Å²) in [6.07, 6.45) is -0.197. The van der Waals surface area contributed by atoms with Gasteiger partial charge in [-0.05, 0) is 29.5 Å². The zero-order valence-corrected chi connectivity index (χ0v) is 22.9. The van der Waals surface area contributed by atoms with Crippen LogP contribution in [0.5, 0.6) is 0 Å². The molecule has 1 aromatic heterocycles. The van der Waals surface area contributed by atoms with Gasteiger partial charge in [-0.3, -0.25) is 29.0 Å². The van der Waals surface area contributed by atoms with Crippen molar-refractivity contribution in [1.29, 1.82) is 0 Å². The van der Waals surface area contributed by atoms with Crippen LogP contribution in [0.15, 0.2) is 48.5 Å². The van der Waals surface area contributed by atoms with Crippen molar-refractivity contribution in [2.45, 2.75) is 66.2 Å². The molecule has 2 aromatic rings. The smallest absolute Gasteiger partial charge is 0.306 e. The summed E-state index contributed by atoms with van der Waals surface area (Å²) in [5.41, 5.74) is 2.10. The van der Waals surface area contributed by atoms with Gasteiger partial charge in [0, 0.05) is 24.5 Å². The third-order valence-corrected chi connectivity index (χ3v) is 6.87. The molecular weight excluding hydrogens is 498 g/mol. The zero-order valence-electron chi connectivity index (χ0n) is 22.9. The SMILES string of the molecule is CC(C)C(CC(=O)OCc1ccccc1)C(=O)NC(C(=O)CC1Cc2cccc(n2)CNC(=O)C1=O)C(C)C. The minimum atomic E-state index is -0.898. The predicted molar refractivity (Wildman–Crippen MR) is 144 cm³/mol. The highest BCUT2D eigenvalue weighted by Gasteiger charge is 2.35. The lowest BCUT2D eigenvalue weighted by molar-refractivity contribution is -0.149. The number of hydrogen-bond acceptors (Lipinski definition) is 7. The lowest BCUT2D eigenvalue weighted by Gasteiger charge is -2.27. The maximum atomic E-state index is 13.4. The number of amides is 2. The van der Waals surface area contributed by atoms with Gasteiger partial charge in [0.15, 0.2) is 5.78 Å². The van der Waals surface area contributed by atoms with Crippen LogP contribution >= 0.6 is 0 Å². The van der Waals surface area contributed by atoms with Crippen LogP contribution in [-0.4, -0.2) is 40.4 Å². The molecule has 3 rings (SSSR count). The second-order valence-corrected chi connectivity index (χ2v) is 10.7. The summed E-state index contributed by atoms with van der Waals surface area (Å²) >= 11 is 0. The molecule has 1 aliphatic heterocycles. The van der Waals surface area contributed by atoms with E-state index in [9.17, 15) is 24.0 Å². The molecule has 2 amide bonds. The van der Waals surface area contributed by atoms with Crippen molar-refractivity contribution in [1.82, 2.24) is 15.6 Å². The standard InChI is InChI=1S/C30H37N3O6/c1-18(2)24(15-26(35)39-17-20-9-6-5-7-10-20)29(37)33-27(19(3)4)25(34)14-21-13-22-11-8-12-23(32-22)16-31-30(38)28(21)36/h5-12,18-19,21,24,27H,13-17H2,1-4H3,(H,31,38)(H,33,37). The van der Waals surface area contributed by atoms with Gasteiger partial charge in [-0.15, -0.1) is 0 Å². The highest BCUT2D eigenvalue weighted by molar-refractivity contribution is 6.37. The van der Waals surface area contributed by atoms with Crippen LogP contribution in [0, 0.1) is 23.7 Å². The van der Waals surface area contributed by atoms with Crippen LogP contribution in [0.2, 0.25) is 0 Å². The van der Waals surface area contributed by atoms with E-state index in [-0.39, 0.29) is 50.0 Å². The molecule has 0 saturated heterocycles. The van der Waals surface area contributed by atoms with Crippen molar-refractivity contribution in [2.75, 3.05) is 0 Å². The molecule has 0 spiro atoms. The minimum Gasteiger partial charge on any atom is -0.461 e. The molecular formula is C30H37N3O6. The molecule has 9 heteroatoms. The Morgan fingerprint density at radius 3 is 2.33 bits per heavy atom. The summed E-state index contributed by atoms with van der Waals surface area (Å²) in [6, 6.07) is 13.7. The Kier molecular flexibility index (Phi) is 10.5. The lowest BCUT2D eigenvalue weighted by Crippen LogP contribution is -2.49. The Morgan fingerprint density at radius 2 is 1.67 bits per heavy atom. The molecule has 0 fully saturated rings. The fraction of sp³-hybridized carbons (Fsp3) is 0.467. The fourth-order valence-corrected chi connectivity index (χ4v) is 4.55. The number of ether oxygens (including phenoxy) is 1. The molecule has 1 aromatic carbocycles.